The predicted octanol–water partition coefficient (Wildman–Crippen LogP) is 4.86. The molecule has 0 bridgehead atoms. The highest BCUT2D eigenvalue weighted by Crippen LogP contribution is 2.39. The molecule has 3 heterocycles. The molecule has 2 N–H and O–H groups in total. The van der Waals surface area contributed by atoms with Gasteiger partial charge in [-0.15, -0.1) is 0 Å². The van der Waals surface area contributed by atoms with E-state index in [2.05, 4.69) is 18.7 Å². The van der Waals surface area contributed by atoms with Crippen molar-refractivity contribution in [2.75, 3.05) is 36.9 Å². The number of aromatic nitrogens is 2. The van der Waals surface area contributed by atoms with E-state index >= 15 is 0 Å². The molecule has 1 unspecified atom stereocenters. The summed E-state index contributed by atoms with van der Waals surface area (Å²) in [7, 11) is 0. The molecular weight excluding hydrogens is 411 g/mol. The Hall–Kier alpha value is -2.84. The van der Waals surface area contributed by atoms with Crippen LogP contribution in [0, 0.1) is 5.82 Å². The van der Waals surface area contributed by atoms with Crippen LogP contribution in [0.3, 0.4) is 0 Å². The number of nitrogens with zero attached hydrogens (tertiary/aromatic N) is 3. The minimum atomic E-state index is -0.496. The maximum atomic E-state index is 14.5. The van der Waals surface area contributed by atoms with Gasteiger partial charge in [0.15, 0.2) is 17.3 Å². The van der Waals surface area contributed by atoms with Crippen LogP contribution in [-0.4, -0.2) is 41.7 Å². The second-order valence-corrected chi connectivity index (χ2v) is 9.13. The Balaban J connectivity index is 1.56. The van der Waals surface area contributed by atoms with E-state index in [1.165, 1.54) is 6.07 Å². The Kier molecular flexibility index (Phi) is 5.43. The molecule has 0 spiro atoms. The molecule has 3 aromatic rings. The molecule has 170 valence electrons. The molecule has 0 aliphatic carbocycles. The van der Waals surface area contributed by atoms with Gasteiger partial charge in [-0.25, -0.2) is 9.07 Å². The number of halogens is 1. The smallest absolute Gasteiger partial charge is 0.167 e. The molecule has 7 nitrogen and oxygen atoms in total. The average Bonchev–Trinajstić information content (AvgIpc) is 3.18. The third-order valence-corrected chi connectivity index (χ3v) is 6.00. The highest BCUT2D eigenvalue weighted by molar-refractivity contribution is 5.86. The van der Waals surface area contributed by atoms with Crippen LogP contribution in [0.4, 0.5) is 15.8 Å². The lowest BCUT2D eigenvalue weighted by atomic mass is 10.1. The number of nitrogens with two attached hydrogens (primary N) is 1. The number of hydrogen-bond acceptors (Lipinski definition) is 6. The summed E-state index contributed by atoms with van der Waals surface area (Å²) >= 11 is 0. The van der Waals surface area contributed by atoms with Crippen LogP contribution in [0.1, 0.15) is 39.3 Å². The monoisotopic (exact) mass is 440 g/mol. The molecule has 0 radical (unpaired) electrons. The molecule has 0 amide bonds. The molecule has 2 aliphatic heterocycles. The number of fused-ring (bicyclic) bond motifs is 1. The number of nitrogen functional groups attached to an aromatic ring is 1. The third-order valence-electron chi connectivity index (χ3n) is 6.00. The topological polar surface area (TPSA) is 74.8 Å². The molecule has 0 saturated carbocycles. The minimum Gasteiger partial charge on any atom is -0.452 e. The fourth-order valence-corrected chi connectivity index (χ4v) is 4.41. The summed E-state index contributed by atoms with van der Waals surface area (Å²) < 4.78 is 34.3. The van der Waals surface area contributed by atoms with Gasteiger partial charge in [-0.3, -0.25) is 0 Å². The van der Waals surface area contributed by atoms with Crippen LogP contribution in [0.25, 0.3) is 10.9 Å². The summed E-state index contributed by atoms with van der Waals surface area (Å²) in [4.78, 5) is 2.21. The molecular formula is C24H29FN4O3. The normalized spacial score (nSPS) is 21.1. The summed E-state index contributed by atoms with van der Waals surface area (Å²) in [5.74, 6) is 0.211. The van der Waals surface area contributed by atoms with Gasteiger partial charge in [0.25, 0.3) is 0 Å². The molecule has 8 heteroatoms. The molecule has 2 fully saturated rings. The Labute approximate surface area is 186 Å². The lowest BCUT2D eigenvalue weighted by Crippen LogP contribution is -2.48. The van der Waals surface area contributed by atoms with Crippen molar-refractivity contribution in [2.24, 2.45) is 0 Å². The molecule has 32 heavy (non-hydrogen) atoms. The van der Waals surface area contributed by atoms with E-state index in [0.717, 1.165) is 42.5 Å². The molecule has 2 saturated heterocycles. The van der Waals surface area contributed by atoms with Crippen LogP contribution in [0.2, 0.25) is 0 Å². The van der Waals surface area contributed by atoms with E-state index in [1.807, 2.05) is 23.0 Å². The first-order valence-electron chi connectivity index (χ1n) is 11.1. The van der Waals surface area contributed by atoms with Crippen molar-refractivity contribution in [1.29, 1.82) is 0 Å². The van der Waals surface area contributed by atoms with E-state index in [1.54, 1.807) is 12.1 Å². The number of rotatable bonds is 4. The Bertz CT molecular complexity index is 1120. The van der Waals surface area contributed by atoms with Crippen LogP contribution in [0.15, 0.2) is 36.5 Å². The second kappa shape index (κ2) is 8.26. The van der Waals surface area contributed by atoms with Crippen molar-refractivity contribution < 1.29 is 18.6 Å². The van der Waals surface area contributed by atoms with Gasteiger partial charge >= 0.3 is 0 Å². The lowest BCUT2D eigenvalue weighted by molar-refractivity contribution is -0.0390. The zero-order valence-electron chi connectivity index (χ0n) is 18.5. The Morgan fingerprint density at radius 3 is 2.78 bits per heavy atom. The number of morpholine rings is 1. The Morgan fingerprint density at radius 1 is 1.16 bits per heavy atom. The van der Waals surface area contributed by atoms with Gasteiger partial charge < -0.3 is 24.8 Å². The van der Waals surface area contributed by atoms with Gasteiger partial charge in [0, 0.05) is 43.0 Å². The number of ether oxygens (including phenoxy) is 3. The summed E-state index contributed by atoms with van der Waals surface area (Å²) in [5, 5.41) is 5.71. The number of benzene rings is 2. The standard InChI is InChI=1S/C24H29FN4O3/c1-24(2)15-28(8-10-31-24)20-13-19-16(14-29(27-19)23-5-3-4-9-30-23)11-22(20)32-21-7-6-17(26)12-18(21)25/h6-7,11-14,23H,3-5,8-10,15,26H2,1-2H3. The third kappa shape index (κ3) is 4.25. The van der Waals surface area contributed by atoms with Gasteiger partial charge in [-0.2, -0.15) is 5.10 Å². The fourth-order valence-electron chi connectivity index (χ4n) is 4.41. The molecule has 2 aromatic carbocycles. The van der Waals surface area contributed by atoms with Crippen molar-refractivity contribution in [1.82, 2.24) is 9.78 Å². The molecule has 5 rings (SSSR count). The quantitative estimate of drug-likeness (QED) is 0.584. The predicted molar refractivity (Wildman–Crippen MR) is 122 cm³/mol. The van der Waals surface area contributed by atoms with E-state index < -0.39 is 5.82 Å². The highest BCUT2D eigenvalue weighted by atomic mass is 19.1. The van der Waals surface area contributed by atoms with Gasteiger partial charge in [0.1, 0.15) is 6.23 Å². The van der Waals surface area contributed by atoms with Gasteiger partial charge in [-0.1, -0.05) is 0 Å². The number of hydrogen-bond donors (Lipinski definition) is 1. The SMILES string of the molecule is CC1(C)CN(c2cc3nn(C4CCCCO4)cc3cc2Oc2ccc(N)cc2F)CCO1. The minimum absolute atomic E-state index is 0.0548. The zero-order valence-corrected chi connectivity index (χ0v) is 18.5. The first-order chi connectivity index (χ1) is 15.4. The fraction of sp³-hybridized carbons (Fsp3) is 0.458. The summed E-state index contributed by atoms with van der Waals surface area (Å²) in [6.45, 7) is 6.87. The molecule has 1 aromatic heterocycles. The average molecular weight is 441 g/mol. The maximum absolute atomic E-state index is 14.5. The highest BCUT2D eigenvalue weighted by Gasteiger charge is 2.30. The van der Waals surface area contributed by atoms with E-state index in [9.17, 15) is 4.39 Å². The molecule has 1 atom stereocenters. The Morgan fingerprint density at radius 2 is 2.03 bits per heavy atom. The molecule has 2 aliphatic rings. The van der Waals surface area contributed by atoms with E-state index in [0.29, 0.717) is 31.1 Å². The van der Waals surface area contributed by atoms with Crippen LogP contribution in [0.5, 0.6) is 11.5 Å². The van der Waals surface area contributed by atoms with Crippen molar-refractivity contribution >= 4 is 22.3 Å². The van der Waals surface area contributed by atoms with Crippen LogP contribution >= 0.6 is 0 Å². The summed E-state index contributed by atoms with van der Waals surface area (Å²) in [6, 6.07) is 8.40. The van der Waals surface area contributed by atoms with Crippen molar-refractivity contribution in [3.63, 3.8) is 0 Å². The lowest BCUT2D eigenvalue weighted by Gasteiger charge is -2.39. The second-order valence-electron chi connectivity index (χ2n) is 9.13. The van der Waals surface area contributed by atoms with Gasteiger partial charge in [-0.05, 0) is 57.4 Å². The van der Waals surface area contributed by atoms with Crippen molar-refractivity contribution in [3.05, 3.63) is 42.3 Å². The summed E-state index contributed by atoms with van der Waals surface area (Å²) in [5.41, 5.74) is 7.47. The first-order valence-corrected chi connectivity index (χ1v) is 11.1. The summed E-state index contributed by atoms with van der Waals surface area (Å²) in [6.07, 6.45) is 5.07. The van der Waals surface area contributed by atoms with E-state index in [-0.39, 0.29) is 17.6 Å². The van der Waals surface area contributed by atoms with Crippen LogP contribution < -0.4 is 15.4 Å². The van der Waals surface area contributed by atoms with Gasteiger partial charge in [0.05, 0.1) is 23.4 Å². The van der Waals surface area contributed by atoms with Crippen LogP contribution in [-0.2, 0) is 9.47 Å². The van der Waals surface area contributed by atoms with Gasteiger partial charge in [0.2, 0.25) is 0 Å². The maximum Gasteiger partial charge on any atom is 0.167 e. The zero-order chi connectivity index (χ0) is 22.3. The van der Waals surface area contributed by atoms with E-state index in [4.69, 9.17) is 25.0 Å². The largest absolute Gasteiger partial charge is 0.452 e. The first kappa shape index (κ1) is 21.0. The van der Waals surface area contributed by atoms with Crippen molar-refractivity contribution in [3.8, 4) is 11.5 Å². The number of anilines is 2. The van der Waals surface area contributed by atoms with Crippen molar-refractivity contribution in [2.45, 2.75) is 44.9 Å².